The van der Waals surface area contributed by atoms with Crippen molar-refractivity contribution in [3.8, 4) is 0 Å². The van der Waals surface area contributed by atoms with E-state index in [-0.39, 0.29) is 25.4 Å². The third-order valence-electron chi connectivity index (χ3n) is 7.71. The Morgan fingerprint density at radius 1 is 1.03 bits per heavy atom. The summed E-state index contributed by atoms with van der Waals surface area (Å²) in [5, 5.41) is 0. The summed E-state index contributed by atoms with van der Waals surface area (Å²) in [6.45, 7) is 7.25. The standard InChI is InChI=1S/C24H25F3N6O/c1-13-8-16(4-5-28-13)17-9-33(6-7-34-17)21-31-19(18-20(32-21)30-15(3)14(2)29-18)22-10-23(11-22,12-22)24(25,26)27/h4-5,8,17H,6-7,9-12H2,1-3H3/t17-,22?,23?/m1/s1. The molecule has 7 rings (SSSR count). The topological polar surface area (TPSA) is 76.9 Å². The molecule has 3 saturated carbocycles. The summed E-state index contributed by atoms with van der Waals surface area (Å²) < 4.78 is 46.7. The SMILES string of the molecule is Cc1cc([C@H]2CN(c3nc(C45CC(C(F)(F)F)(C4)C5)c4nc(C)c(C)nc4n3)CCO2)ccn1. The van der Waals surface area contributed by atoms with Crippen molar-refractivity contribution in [3.05, 3.63) is 46.7 Å². The maximum atomic E-state index is 13.6. The van der Waals surface area contributed by atoms with Crippen LogP contribution in [0.25, 0.3) is 11.2 Å². The summed E-state index contributed by atoms with van der Waals surface area (Å²) in [4.78, 5) is 25.2. The maximum Gasteiger partial charge on any atom is 0.394 e. The molecule has 10 heteroatoms. The molecule has 0 spiro atoms. The number of alkyl halides is 3. The number of nitrogens with zero attached hydrogens (tertiary/aromatic N) is 6. The molecule has 0 aromatic carbocycles. The van der Waals surface area contributed by atoms with Gasteiger partial charge >= 0.3 is 6.18 Å². The Morgan fingerprint density at radius 2 is 1.76 bits per heavy atom. The van der Waals surface area contributed by atoms with Crippen molar-refractivity contribution < 1.29 is 17.9 Å². The van der Waals surface area contributed by atoms with Gasteiger partial charge in [0.05, 0.1) is 35.6 Å². The summed E-state index contributed by atoms with van der Waals surface area (Å²) in [6.07, 6.45) is -2.41. The Labute approximate surface area is 194 Å². The highest BCUT2D eigenvalue weighted by Crippen LogP contribution is 2.78. The molecule has 3 aliphatic carbocycles. The number of rotatable bonds is 3. The Kier molecular flexibility index (Phi) is 4.50. The molecule has 4 aliphatic rings. The van der Waals surface area contributed by atoms with E-state index in [1.54, 1.807) is 6.20 Å². The van der Waals surface area contributed by atoms with E-state index in [1.165, 1.54) is 0 Å². The fourth-order valence-electron chi connectivity index (χ4n) is 5.75. The van der Waals surface area contributed by atoms with E-state index in [0.717, 1.165) is 22.6 Å². The van der Waals surface area contributed by atoms with E-state index in [2.05, 4.69) is 15.0 Å². The molecule has 7 nitrogen and oxygen atoms in total. The number of halogens is 3. The Hall–Kier alpha value is -2.88. The molecule has 4 fully saturated rings. The van der Waals surface area contributed by atoms with Crippen LogP contribution in [0, 0.1) is 26.2 Å². The van der Waals surface area contributed by atoms with Gasteiger partial charge in [0.15, 0.2) is 5.65 Å². The van der Waals surface area contributed by atoms with Crippen LogP contribution in [0.2, 0.25) is 0 Å². The van der Waals surface area contributed by atoms with Crippen molar-refractivity contribution in [2.75, 3.05) is 24.6 Å². The first-order valence-corrected chi connectivity index (χ1v) is 11.5. The molecule has 4 heterocycles. The lowest BCUT2D eigenvalue weighted by Crippen LogP contribution is -2.70. The van der Waals surface area contributed by atoms with Gasteiger partial charge in [-0.15, -0.1) is 0 Å². The van der Waals surface area contributed by atoms with Crippen LogP contribution in [0.5, 0.6) is 0 Å². The number of aryl methyl sites for hydroxylation is 3. The number of hydrogen-bond acceptors (Lipinski definition) is 7. The number of hydrogen-bond donors (Lipinski definition) is 0. The van der Waals surface area contributed by atoms with Crippen LogP contribution < -0.4 is 4.90 Å². The second-order valence-electron chi connectivity index (χ2n) is 10.1. The van der Waals surface area contributed by atoms with Gasteiger partial charge in [0.25, 0.3) is 0 Å². The quantitative estimate of drug-likeness (QED) is 0.565. The van der Waals surface area contributed by atoms with Gasteiger partial charge in [0.1, 0.15) is 11.6 Å². The van der Waals surface area contributed by atoms with Crippen LogP contribution in [0.1, 0.15) is 53.7 Å². The molecule has 34 heavy (non-hydrogen) atoms. The van der Waals surface area contributed by atoms with Crippen LogP contribution in [-0.2, 0) is 10.2 Å². The van der Waals surface area contributed by atoms with Crippen molar-refractivity contribution in [3.63, 3.8) is 0 Å². The molecular weight excluding hydrogens is 445 g/mol. The molecule has 1 atom stereocenters. The third-order valence-corrected chi connectivity index (χ3v) is 7.71. The van der Waals surface area contributed by atoms with Crippen LogP contribution in [0.4, 0.5) is 19.1 Å². The predicted molar refractivity (Wildman–Crippen MR) is 118 cm³/mol. The number of anilines is 1. The molecule has 3 aromatic heterocycles. The van der Waals surface area contributed by atoms with Gasteiger partial charge in [0.2, 0.25) is 5.95 Å². The van der Waals surface area contributed by atoms with Crippen LogP contribution in [0.15, 0.2) is 18.3 Å². The minimum atomic E-state index is -4.18. The number of aromatic nitrogens is 5. The number of ether oxygens (including phenoxy) is 1. The fraction of sp³-hybridized carbons (Fsp3) is 0.542. The van der Waals surface area contributed by atoms with Gasteiger partial charge in [-0.25, -0.2) is 15.0 Å². The second-order valence-corrected chi connectivity index (χ2v) is 10.1. The van der Waals surface area contributed by atoms with Gasteiger partial charge in [-0.2, -0.15) is 18.2 Å². The van der Waals surface area contributed by atoms with Gasteiger partial charge in [-0.3, -0.25) is 4.98 Å². The van der Waals surface area contributed by atoms with Crippen LogP contribution >= 0.6 is 0 Å². The summed E-state index contributed by atoms with van der Waals surface area (Å²) >= 11 is 0. The average molecular weight is 470 g/mol. The molecule has 3 aromatic rings. The number of pyridine rings is 1. The molecule has 0 amide bonds. The Morgan fingerprint density at radius 3 is 2.47 bits per heavy atom. The summed E-state index contributed by atoms with van der Waals surface area (Å²) in [6, 6.07) is 3.93. The van der Waals surface area contributed by atoms with Gasteiger partial charge in [-0.1, -0.05) is 0 Å². The third kappa shape index (κ3) is 3.10. The van der Waals surface area contributed by atoms with Gasteiger partial charge in [-0.05, 0) is 57.7 Å². The van der Waals surface area contributed by atoms with Gasteiger partial charge < -0.3 is 9.64 Å². The number of fused-ring (bicyclic) bond motifs is 1. The predicted octanol–water partition coefficient (Wildman–Crippen LogP) is 4.30. The summed E-state index contributed by atoms with van der Waals surface area (Å²) in [7, 11) is 0. The van der Waals surface area contributed by atoms with E-state index in [4.69, 9.17) is 14.7 Å². The lowest BCUT2D eigenvalue weighted by atomic mass is 9.34. The van der Waals surface area contributed by atoms with Gasteiger partial charge in [0, 0.05) is 23.9 Å². The molecule has 1 aliphatic heterocycles. The fourth-order valence-corrected chi connectivity index (χ4v) is 5.75. The van der Waals surface area contributed by atoms with E-state index in [9.17, 15) is 13.2 Å². The second kappa shape index (κ2) is 7.07. The summed E-state index contributed by atoms with van der Waals surface area (Å²) in [5.74, 6) is 0.477. The van der Waals surface area contributed by atoms with Crippen molar-refractivity contribution in [2.45, 2.75) is 57.7 Å². The zero-order chi connectivity index (χ0) is 23.9. The zero-order valence-electron chi connectivity index (χ0n) is 19.3. The highest BCUT2D eigenvalue weighted by molar-refractivity contribution is 5.77. The Bertz CT molecular complexity index is 1290. The van der Waals surface area contributed by atoms with Crippen LogP contribution in [0.3, 0.4) is 0 Å². The average Bonchev–Trinajstić information content (AvgIpc) is 2.72. The lowest BCUT2D eigenvalue weighted by Gasteiger charge is -2.70. The first kappa shape index (κ1) is 21.6. The monoisotopic (exact) mass is 470 g/mol. The van der Waals surface area contributed by atoms with Crippen molar-refractivity contribution in [1.82, 2.24) is 24.9 Å². The first-order chi connectivity index (χ1) is 16.1. The van der Waals surface area contributed by atoms with Crippen molar-refractivity contribution in [1.29, 1.82) is 0 Å². The smallest absolute Gasteiger partial charge is 0.370 e. The molecule has 2 bridgehead atoms. The molecule has 0 radical (unpaired) electrons. The summed E-state index contributed by atoms with van der Waals surface area (Å²) in [5.41, 5.74) is 2.82. The lowest BCUT2D eigenvalue weighted by molar-refractivity contribution is -0.337. The van der Waals surface area contributed by atoms with Crippen molar-refractivity contribution >= 4 is 17.1 Å². The van der Waals surface area contributed by atoms with E-state index in [1.807, 2.05) is 37.8 Å². The maximum absolute atomic E-state index is 13.6. The normalized spacial score (nSPS) is 28.5. The highest BCUT2D eigenvalue weighted by Gasteiger charge is 2.79. The zero-order valence-corrected chi connectivity index (χ0v) is 19.3. The van der Waals surface area contributed by atoms with E-state index < -0.39 is 17.0 Å². The number of morpholine rings is 1. The minimum absolute atomic E-state index is 0.0612. The van der Waals surface area contributed by atoms with E-state index >= 15 is 0 Å². The molecule has 178 valence electrons. The molecule has 1 saturated heterocycles. The highest BCUT2D eigenvalue weighted by atomic mass is 19.4. The molecule has 0 N–H and O–H groups in total. The van der Waals surface area contributed by atoms with E-state index in [0.29, 0.717) is 42.5 Å². The van der Waals surface area contributed by atoms with Crippen LogP contribution in [-0.4, -0.2) is 50.8 Å². The largest absolute Gasteiger partial charge is 0.394 e. The minimum Gasteiger partial charge on any atom is -0.370 e. The first-order valence-electron chi connectivity index (χ1n) is 11.5. The Balaban J connectivity index is 1.39. The van der Waals surface area contributed by atoms with Crippen molar-refractivity contribution in [2.24, 2.45) is 5.41 Å². The molecular formula is C24H25F3N6O. The molecule has 0 unspecified atom stereocenters.